The van der Waals surface area contributed by atoms with Crippen LogP contribution in [-0.4, -0.2) is 25.6 Å². The number of ketones is 1. The van der Waals surface area contributed by atoms with Crippen molar-refractivity contribution in [2.75, 3.05) is 0 Å². The highest BCUT2D eigenvalue weighted by Crippen LogP contribution is 2.29. The molecule has 3 aromatic carbocycles. The van der Waals surface area contributed by atoms with E-state index >= 15 is 0 Å². The van der Waals surface area contributed by atoms with Gasteiger partial charge in [-0.05, 0) is 22.9 Å². The molecular weight excluding hydrogens is 376 g/mol. The fourth-order valence-corrected chi connectivity index (χ4v) is 3.69. The molecule has 30 heavy (non-hydrogen) atoms. The van der Waals surface area contributed by atoms with Crippen molar-refractivity contribution in [3.05, 3.63) is 96.5 Å². The third-order valence-electron chi connectivity index (χ3n) is 5.17. The van der Waals surface area contributed by atoms with Crippen molar-refractivity contribution in [3.63, 3.8) is 0 Å². The molecule has 0 atom stereocenters. The van der Waals surface area contributed by atoms with Crippen molar-refractivity contribution in [3.8, 4) is 11.3 Å². The lowest BCUT2D eigenvalue weighted by Crippen LogP contribution is -2.07. The van der Waals surface area contributed by atoms with Gasteiger partial charge in [-0.3, -0.25) is 4.79 Å². The summed E-state index contributed by atoms with van der Waals surface area (Å²) in [5.41, 5.74) is 3.15. The molecule has 6 rings (SSSR count). The Bertz CT molecular complexity index is 1560. The van der Waals surface area contributed by atoms with Gasteiger partial charge in [0.1, 0.15) is 5.58 Å². The van der Waals surface area contributed by atoms with Gasteiger partial charge in [-0.2, -0.15) is 5.10 Å². The van der Waals surface area contributed by atoms with E-state index in [0.29, 0.717) is 11.2 Å². The number of benzene rings is 3. The molecule has 0 bridgehead atoms. The number of nitrogens with zero attached hydrogens (tertiary/aromatic N) is 4. The summed E-state index contributed by atoms with van der Waals surface area (Å²) in [5.74, 6) is -0.105. The fraction of sp³-hybridized carbons (Fsp3) is 0. The number of furan rings is 1. The van der Waals surface area contributed by atoms with E-state index in [1.165, 1.54) is 0 Å². The van der Waals surface area contributed by atoms with E-state index in [9.17, 15) is 4.79 Å². The monoisotopic (exact) mass is 390 g/mol. The number of carbonyl (C=O) groups is 1. The van der Waals surface area contributed by atoms with Gasteiger partial charge in [0.25, 0.3) is 0 Å². The molecule has 0 spiro atoms. The second kappa shape index (κ2) is 6.35. The summed E-state index contributed by atoms with van der Waals surface area (Å²) in [6.45, 7) is 0. The van der Waals surface area contributed by atoms with Crippen molar-refractivity contribution in [2.45, 2.75) is 0 Å². The quantitative estimate of drug-likeness (QED) is 0.401. The van der Waals surface area contributed by atoms with Crippen molar-refractivity contribution in [1.29, 1.82) is 0 Å². The molecule has 3 heterocycles. The lowest BCUT2D eigenvalue weighted by Gasteiger charge is -1.97. The first-order valence-corrected chi connectivity index (χ1v) is 9.51. The Morgan fingerprint density at radius 2 is 1.67 bits per heavy atom. The highest BCUT2D eigenvalue weighted by Gasteiger charge is 2.19. The predicted octanol–water partition coefficient (Wildman–Crippen LogP) is 4.92. The Labute approximate surface area is 170 Å². The van der Waals surface area contributed by atoms with Gasteiger partial charge in [-0.15, -0.1) is 10.2 Å². The number of carbonyl (C=O) groups excluding carboxylic acids is 1. The summed E-state index contributed by atoms with van der Waals surface area (Å²) in [6, 6.07) is 25.3. The average Bonchev–Trinajstić information content (AvgIpc) is 3.43. The molecule has 0 radical (unpaired) electrons. The summed E-state index contributed by atoms with van der Waals surface area (Å²) in [5, 5.41) is 15.8. The first kappa shape index (κ1) is 16.6. The molecule has 0 saturated heterocycles. The van der Waals surface area contributed by atoms with Gasteiger partial charge >= 0.3 is 0 Å². The molecule has 0 unspecified atom stereocenters. The Morgan fingerprint density at radius 1 is 0.833 bits per heavy atom. The van der Waals surface area contributed by atoms with Crippen molar-refractivity contribution in [1.82, 2.24) is 19.8 Å². The van der Waals surface area contributed by atoms with Crippen LogP contribution in [0.2, 0.25) is 0 Å². The zero-order chi connectivity index (χ0) is 20.1. The maximum Gasteiger partial charge on any atom is 0.249 e. The number of hydrogen-bond acceptors (Lipinski definition) is 5. The van der Waals surface area contributed by atoms with E-state index in [0.717, 1.165) is 27.4 Å². The minimum atomic E-state index is -0.332. The fourth-order valence-electron chi connectivity index (χ4n) is 3.69. The molecule has 0 aliphatic rings. The molecule has 0 saturated carbocycles. The average molecular weight is 390 g/mol. The van der Waals surface area contributed by atoms with E-state index < -0.39 is 0 Å². The predicted molar refractivity (Wildman–Crippen MR) is 113 cm³/mol. The highest BCUT2D eigenvalue weighted by molar-refractivity contribution is 6.12. The van der Waals surface area contributed by atoms with Crippen LogP contribution in [0.3, 0.4) is 0 Å². The molecule has 0 fully saturated rings. The maximum atomic E-state index is 13.0. The standard InChI is InChI=1S/C24H14N4O2/c29-24(22-12-18-17-9-5-4-6-15(17)10-11-21(18)30-22)20-14-28-23(26-25-20)13-19(27-28)16-7-2-1-3-8-16/h1-14H. The Hall–Kier alpha value is -4.32. The van der Waals surface area contributed by atoms with Crippen LogP contribution in [0.4, 0.5) is 0 Å². The molecule has 6 heteroatoms. The van der Waals surface area contributed by atoms with Crippen LogP contribution in [0, 0.1) is 0 Å². The lowest BCUT2D eigenvalue weighted by atomic mass is 10.1. The van der Waals surface area contributed by atoms with Gasteiger partial charge in [-0.25, -0.2) is 4.52 Å². The zero-order valence-corrected chi connectivity index (χ0v) is 15.7. The second-order valence-corrected chi connectivity index (χ2v) is 7.05. The first-order chi connectivity index (χ1) is 14.8. The Kier molecular flexibility index (Phi) is 3.52. The summed E-state index contributed by atoms with van der Waals surface area (Å²) in [4.78, 5) is 13.0. The van der Waals surface area contributed by atoms with Gasteiger partial charge in [0, 0.05) is 17.0 Å². The molecule has 6 aromatic rings. The van der Waals surface area contributed by atoms with Crippen LogP contribution in [0.25, 0.3) is 38.6 Å². The Balaban J connectivity index is 1.42. The minimum absolute atomic E-state index is 0.175. The smallest absolute Gasteiger partial charge is 0.249 e. The first-order valence-electron chi connectivity index (χ1n) is 9.51. The SMILES string of the molecule is O=C(c1cn2nc(-c3ccccc3)cc2nn1)c1cc2c(ccc3ccccc32)o1. The summed E-state index contributed by atoms with van der Waals surface area (Å²) < 4.78 is 7.40. The number of hydrogen-bond donors (Lipinski definition) is 0. The van der Waals surface area contributed by atoms with Crippen LogP contribution < -0.4 is 0 Å². The van der Waals surface area contributed by atoms with Gasteiger partial charge in [0.2, 0.25) is 5.78 Å². The van der Waals surface area contributed by atoms with E-state index in [4.69, 9.17) is 4.42 Å². The molecule has 6 nitrogen and oxygen atoms in total. The third kappa shape index (κ3) is 2.58. The molecule has 0 amide bonds. The number of fused-ring (bicyclic) bond motifs is 4. The zero-order valence-electron chi connectivity index (χ0n) is 15.7. The highest BCUT2D eigenvalue weighted by atomic mass is 16.3. The van der Waals surface area contributed by atoms with Crippen molar-refractivity contribution < 1.29 is 9.21 Å². The van der Waals surface area contributed by atoms with E-state index in [-0.39, 0.29) is 17.2 Å². The molecule has 0 aliphatic heterocycles. The number of aromatic nitrogens is 4. The largest absolute Gasteiger partial charge is 0.452 e. The summed E-state index contributed by atoms with van der Waals surface area (Å²) in [7, 11) is 0. The topological polar surface area (TPSA) is 73.3 Å². The van der Waals surface area contributed by atoms with Crippen LogP contribution in [-0.2, 0) is 0 Å². The van der Waals surface area contributed by atoms with Crippen molar-refractivity contribution >= 4 is 33.2 Å². The van der Waals surface area contributed by atoms with Crippen molar-refractivity contribution in [2.24, 2.45) is 0 Å². The van der Waals surface area contributed by atoms with Crippen LogP contribution in [0.15, 0.2) is 89.5 Å². The lowest BCUT2D eigenvalue weighted by molar-refractivity contribution is 0.100. The normalized spacial score (nSPS) is 11.5. The number of rotatable bonds is 3. The maximum absolute atomic E-state index is 13.0. The summed E-state index contributed by atoms with van der Waals surface area (Å²) in [6.07, 6.45) is 1.59. The van der Waals surface area contributed by atoms with Crippen LogP contribution in [0.5, 0.6) is 0 Å². The van der Waals surface area contributed by atoms with E-state index in [2.05, 4.69) is 15.3 Å². The third-order valence-corrected chi connectivity index (χ3v) is 5.17. The van der Waals surface area contributed by atoms with E-state index in [1.54, 1.807) is 16.8 Å². The van der Waals surface area contributed by atoms with Gasteiger partial charge in [0.15, 0.2) is 17.1 Å². The molecule has 142 valence electrons. The van der Waals surface area contributed by atoms with E-state index in [1.807, 2.05) is 72.8 Å². The molecule has 0 aliphatic carbocycles. The molecule has 0 N–H and O–H groups in total. The van der Waals surface area contributed by atoms with Gasteiger partial charge < -0.3 is 4.42 Å². The Morgan fingerprint density at radius 3 is 2.57 bits per heavy atom. The second-order valence-electron chi connectivity index (χ2n) is 7.05. The van der Waals surface area contributed by atoms with Crippen LogP contribution in [0.1, 0.15) is 16.2 Å². The van der Waals surface area contributed by atoms with Crippen LogP contribution >= 0.6 is 0 Å². The summed E-state index contributed by atoms with van der Waals surface area (Å²) >= 11 is 0. The molecule has 3 aromatic heterocycles. The minimum Gasteiger partial charge on any atom is -0.452 e. The van der Waals surface area contributed by atoms with Gasteiger partial charge in [0.05, 0.1) is 11.9 Å². The van der Waals surface area contributed by atoms with Gasteiger partial charge in [-0.1, -0.05) is 60.7 Å². The molecular formula is C24H14N4O2.